The van der Waals surface area contributed by atoms with Crippen molar-refractivity contribution in [2.45, 2.75) is 27.0 Å². The summed E-state index contributed by atoms with van der Waals surface area (Å²) in [4.78, 5) is 20.1. The number of hydrogen-bond donors (Lipinski definition) is 1. The van der Waals surface area contributed by atoms with E-state index >= 15 is 0 Å². The quantitative estimate of drug-likeness (QED) is 0.344. The maximum Gasteiger partial charge on any atom is 0.242 e. The molecule has 31 heavy (non-hydrogen) atoms. The van der Waals surface area contributed by atoms with Crippen molar-refractivity contribution >= 4 is 58.5 Å². The first-order valence-corrected chi connectivity index (χ1v) is 13.1. The molecular formula is C23H23ClN2O2S3. The van der Waals surface area contributed by atoms with Gasteiger partial charge in [-0.15, -0.1) is 35.3 Å². The molecule has 0 aliphatic rings. The van der Waals surface area contributed by atoms with E-state index < -0.39 is 5.25 Å². The minimum atomic E-state index is -0.462. The van der Waals surface area contributed by atoms with Crippen LogP contribution in [0.2, 0.25) is 5.02 Å². The number of ether oxygens (including phenoxy) is 1. The Bertz CT molecular complexity index is 1020. The molecule has 0 aliphatic carbocycles. The third-order valence-corrected chi connectivity index (χ3v) is 7.43. The van der Waals surface area contributed by atoms with E-state index in [9.17, 15) is 4.79 Å². The normalized spacial score (nSPS) is 11.8. The molecule has 0 spiro atoms. The number of rotatable bonds is 8. The van der Waals surface area contributed by atoms with Gasteiger partial charge in [-0.05, 0) is 67.5 Å². The van der Waals surface area contributed by atoms with Crippen molar-refractivity contribution in [3.63, 3.8) is 0 Å². The molecule has 4 nitrogen and oxygen atoms in total. The van der Waals surface area contributed by atoms with Crippen molar-refractivity contribution in [2.24, 2.45) is 0 Å². The van der Waals surface area contributed by atoms with Crippen LogP contribution in [-0.2, 0) is 4.79 Å². The van der Waals surface area contributed by atoms with Crippen LogP contribution in [0.5, 0.6) is 5.75 Å². The Balaban J connectivity index is 1.95. The monoisotopic (exact) mass is 490 g/mol. The second-order valence-electron chi connectivity index (χ2n) is 6.56. The number of aryl methyl sites for hydroxylation is 1. The van der Waals surface area contributed by atoms with Crippen LogP contribution in [-0.4, -0.2) is 30.5 Å². The SMILES string of the molecule is COc1ccc(SC(C(=O)Nc2c(SC)cc(C)nc2SC)c2ccc(Cl)cc2)cc1. The first-order valence-electron chi connectivity index (χ1n) is 9.41. The van der Waals surface area contributed by atoms with Crippen LogP contribution in [0.3, 0.4) is 0 Å². The summed E-state index contributed by atoms with van der Waals surface area (Å²) in [5.74, 6) is 0.663. The molecule has 162 valence electrons. The second-order valence-corrected chi connectivity index (χ2v) is 9.82. The van der Waals surface area contributed by atoms with Crippen molar-refractivity contribution in [3.05, 3.63) is 70.9 Å². The van der Waals surface area contributed by atoms with Crippen molar-refractivity contribution in [2.75, 3.05) is 24.9 Å². The van der Waals surface area contributed by atoms with Crippen LogP contribution < -0.4 is 10.1 Å². The van der Waals surface area contributed by atoms with Crippen molar-refractivity contribution < 1.29 is 9.53 Å². The number of carbonyl (C=O) groups excluding carboxylic acids is 1. The van der Waals surface area contributed by atoms with Crippen LogP contribution >= 0.6 is 46.9 Å². The number of hydrogen-bond acceptors (Lipinski definition) is 6. The van der Waals surface area contributed by atoms with Gasteiger partial charge in [0.2, 0.25) is 5.91 Å². The Hall–Kier alpha value is -1.80. The number of nitrogens with zero attached hydrogens (tertiary/aromatic N) is 1. The topological polar surface area (TPSA) is 51.2 Å². The van der Waals surface area contributed by atoms with Gasteiger partial charge in [0.1, 0.15) is 16.0 Å². The Morgan fingerprint density at radius 1 is 1.06 bits per heavy atom. The molecule has 2 aromatic carbocycles. The van der Waals surface area contributed by atoms with Gasteiger partial charge in [-0.1, -0.05) is 23.7 Å². The molecule has 1 amide bonds. The summed E-state index contributed by atoms with van der Waals surface area (Å²) in [6, 6.07) is 17.1. The second kappa shape index (κ2) is 11.2. The van der Waals surface area contributed by atoms with E-state index in [1.54, 1.807) is 31.0 Å². The van der Waals surface area contributed by atoms with Gasteiger partial charge in [0.25, 0.3) is 0 Å². The minimum Gasteiger partial charge on any atom is -0.497 e. The first kappa shape index (κ1) is 23.9. The summed E-state index contributed by atoms with van der Waals surface area (Å²) < 4.78 is 5.24. The number of methoxy groups -OCH3 is 1. The molecule has 1 atom stereocenters. The molecule has 3 aromatic rings. The lowest BCUT2D eigenvalue weighted by atomic mass is 10.1. The molecule has 1 heterocycles. The summed E-state index contributed by atoms with van der Waals surface area (Å²) in [7, 11) is 1.63. The van der Waals surface area contributed by atoms with Gasteiger partial charge in [-0.2, -0.15) is 0 Å². The number of pyridine rings is 1. The van der Waals surface area contributed by atoms with Crippen LogP contribution in [0.15, 0.2) is 69.4 Å². The average Bonchev–Trinajstić information content (AvgIpc) is 2.79. The van der Waals surface area contributed by atoms with E-state index in [4.69, 9.17) is 16.3 Å². The van der Waals surface area contributed by atoms with Crippen LogP contribution in [0.4, 0.5) is 5.69 Å². The van der Waals surface area contributed by atoms with Crippen molar-refractivity contribution in [1.29, 1.82) is 0 Å². The summed E-state index contributed by atoms with van der Waals surface area (Å²) in [6.45, 7) is 1.96. The Kier molecular flexibility index (Phi) is 8.60. The van der Waals surface area contributed by atoms with E-state index in [2.05, 4.69) is 10.3 Å². The molecular weight excluding hydrogens is 468 g/mol. The molecule has 0 saturated carbocycles. The average molecular weight is 491 g/mol. The predicted octanol–water partition coefficient (Wildman–Crippen LogP) is 6.97. The van der Waals surface area contributed by atoms with Gasteiger partial charge in [-0.25, -0.2) is 4.98 Å². The summed E-state index contributed by atoms with van der Waals surface area (Å²) in [5, 5.41) is 4.12. The van der Waals surface area contributed by atoms with E-state index in [1.165, 1.54) is 23.5 Å². The van der Waals surface area contributed by atoms with Crippen molar-refractivity contribution in [1.82, 2.24) is 4.98 Å². The van der Waals surface area contributed by atoms with Crippen molar-refractivity contribution in [3.8, 4) is 5.75 Å². The van der Waals surface area contributed by atoms with E-state index in [0.29, 0.717) is 5.02 Å². The Morgan fingerprint density at radius 3 is 2.32 bits per heavy atom. The maximum absolute atomic E-state index is 13.5. The number of nitrogens with one attached hydrogen (secondary N) is 1. The highest BCUT2D eigenvalue weighted by Crippen LogP contribution is 2.39. The van der Waals surface area contributed by atoms with Gasteiger partial charge in [-0.3, -0.25) is 4.79 Å². The van der Waals surface area contributed by atoms with E-state index in [-0.39, 0.29) is 5.91 Å². The molecule has 3 rings (SSSR count). The molecule has 1 aromatic heterocycles. The third kappa shape index (κ3) is 6.13. The molecule has 1 unspecified atom stereocenters. The molecule has 8 heteroatoms. The van der Waals surface area contributed by atoms with Crippen LogP contribution in [0, 0.1) is 6.92 Å². The lowest BCUT2D eigenvalue weighted by Gasteiger charge is -2.20. The zero-order valence-corrected chi connectivity index (χ0v) is 20.8. The Morgan fingerprint density at radius 2 is 1.74 bits per heavy atom. The molecule has 0 fully saturated rings. The molecule has 1 N–H and O–H groups in total. The third-order valence-electron chi connectivity index (χ3n) is 4.46. The highest BCUT2D eigenvalue weighted by molar-refractivity contribution is 8.00. The molecule has 0 aliphatic heterocycles. The summed E-state index contributed by atoms with van der Waals surface area (Å²) in [5.41, 5.74) is 2.55. The van der Waals surface area contributed by atoms with Crippen LogP contribution in [0.25, 0.3) is 0 Å². The fraction of sp³-hybridized carbons (Fsp3) is 0.217. The van der Waals surface area contributed by atoms with Gasteiger partial charge in [0, 0.05) is 20.5 Å². The van der Waals surface area contributed by atoms with Crippen LogP contribution in [0.1, 0.15) is 16.5 Å². The van der Waals surface area contributed by atoms with Gasteiger partial charge in [0.05, 0.1) is 12.8 Å². The number of halogens is 1. The zero-order chi connectivity index (χ0) is 22.4. The smallest absolute Gasteiger partial charge is 0.242 e. The molecule has 0 bridgehead atoms. The molecule has 0 saturated heterocycles. The Labute approximate surface area is 200 Å². The lowest BCUT2D eigenvalue weighted by Crippen LogP contribution is -2.20. The minimum absolute atomic E-state index is 0.112. The highest BCUT2D eigenvalue weighted by atomic mass is 35.5. The zero-order valence-electron chi connectivity index (χ0n) is 17.6. The fourth-order valence-electron chi connectivity index (χ4n) is 2.93. The lowest BCUT2D eigenvalue weighted by molar-refractivity contribution is -0.115. The van der Waals surface area contributed by atoms with Gasteiger partial charge >= 0.3 is 0 Å². The predicted molar refractivity (Wildman–Crippen MR) is 134 cm³/mol. The van der Waals surface area contributed by atoms with Gasteiger partial charge in [0.15, 0.2) is 0 Å². The molecule has 0 radical (unpaired) electrons. The van der Waals surface area contributed by atoms with Gasteiger partial charge < -0.3 is 10.1 Å². The highest BCUT2D eigenvalue weighted by Gasteiger charge is 2.24. The van der Waals surface area contributed by atoms with E-state index in [0.717, 1.165) is 37.5 Å². The summed E-state index contributed by atoms with van der Waals surface area (Å²) >= 11 is 10.7. The number of amides is 1. The number of benzene rings is 2. The number of thioether (sulfide) groups is 3. The maximum atomic E-state index is 13.5. The summed E-state index contributed by atoms with van der Waals surface area (Å²) in [6.07, 6.45) is 3.96. The number of anilines is 1. The number of carbonyl (C=O) groups is 1. The standard InChI is InChI=1S/C23H23ClN2O2S3/c1-14-13-19(29-3)20(23(25-14)30-4)26-22(27)21(15-5-7-16(24)8-6-15)31-18-11-9-17(28-2)10-12-18/h5-13,21H,1-4H3,(H,26,27). The fourth-order valence-corrected chi connectivity index (χ4v) is 5.38. The largest absolute Gasteiger partial charge is 0.497 e. The number of aromatic nitrogens is 1. The van der Waals surface area contributed by atoms with E-state index in [1.807, 2.05) is 61.9 Å². The first-order chi connectivity index (χ1) is 14.9.